The zero-order chi connectivity index (χ0) is 22.2. The zero-order valence-electron chi connectivity index (χ0n) is 18.8. The molecular formula is C24H34N4O3. The van der Waals surface area contributed by atoms with Gasteiger partial charge in [-0.3, -0.25) is 9.59 Å². The van der Waals surface area contributed by atoms with Gasteiger partial charge in [0.15, 0.2) is 0 Å². The molecular weight excluding hydrogens is 392 g/mol. The Morgan fingerprint density at radius 1 is 1.23 bits per heavy atom. The molecule has 168 valence electrons. The summed E-state index contributed by atoms with van der Waals surface area (Å²) in [5, 5.41) is 7.53. The van der Waals surface area contributed by atoms with E-state index in [1.165, 1.54) is 0 Å². The zero-order valence-corrected chi connectivity index (χ0v) is 18.8. The summed E-state index contributed by atoms with van der Waals surface area (Å²) in [5.41, 5.74) is 2.31. The largest absolute Gasteiger partial charge is 0.382 e. The molecule has 1 atom stereocenters. The van der Waals surface area contributed by atoms with E-state index in [4.69, 9.17) is 4.74 Å². The number of aromatic nitrogens is 2. The van der Waals surface area contributed by atoms with Crippen LogP contribution in [0.2, 0.25) is 0 Å². The molecule has 1 N–H and O–H groups in total. The Balaban J connectivity index is 1.51. The fourth-order valence-corrected chi connectivity index (χ4v) is 4.06. The van der Waals surface area contributed by atoms with Gasteiger partial charge in [0.1, 0.15) is 0 Å². The average molecular weight is 427 g/mol. The SMILES string of the molecule is CCOCCCNC(=O)[C@H](C)C1CCN(C(=O)c2cn(-c3ccccc3)nc2C)CC1. The van der Waals surface area contributed by atoms with Crippen molar-refractivity contribution in [3.8, 4) is 5.69 Å². The second-order valence-corrected chi connectivity index (χ2v) is 8.17. The van der Waals surface area contributed by atoms with E-state index in [1.54, 1.807) is 4.68 Å². The van der Waals surface area contributed by atoms with Gasteiger partial charge < -0.3 is 15.0 Å². The summed E-state index contributed by atoms with van der Waals surface area (Å²) in [6, 6.07) is 9.80. The molecule has 7 heteroatoms. The Morgan fingerprint density at radius 3 is 2.61 bits per heavy atom. The summed E-state index contributed by atoms with van der Waals surface area (Å²) in [4.78, 5) is 27.4. The third kappa shape index (κ3) is 5.94. The lowest BCUT2D eigenvalue weighted by molar-refractivity contribution is -0.126. The Bertz CT molecular complexity index is 857. The molecule has 0 unspecified atom stereocenters. The standard InChI is InChI=1S/C24H34N4O3/c1-4-31-16-8-13-25-23(29)18(2)20-11-14-27(15-12-20)24(30)22-17-28(26-19(22)3)21-9-6-5-7-10-21/h5-7,9-10,17-18,20H,4,8,11-16H2,1-3H3,(H,25,29)/t18-/m1/s1. The summed E-state index contributed by atoms with van der Waals surface area (Å²) >= 11 is 0. The highest BCUT2D eigenvalue weighted by Crippen LogP contribution is 2.26. The minimum absolute atomic E-state index is 0.0196. The van der Waals surface area contributed by atoms with Crippen molar-refractivity contribution in [3.63, 3.8) is 0 Å². The van der Waals surface area contributed by atoms with E-state index >= 15 is 0 Å². The maximum atomic E-state index is 13.1. The molecule has 1 aromatic carbocycles. The molecule has 2 heterocycles. The second-order valence-electron chi connectivity index (χ2n) is 8.17. The highest BCUT2D eigenvalue weighted by molar-refractivity contribution is 5.95. The molecule has 2 amide bonds. The van der Waals surface area contributed by atoms with Crippen LogP contribution in [0.1, 0.15) is 49.2 Å². The summed E-state index contributed by atoms with van der Waals surface area (Å²) < 4.78 is 7.06. The predicted octanol–water partition coefficient (Wildman–Crippen LogP) is 3.21. The highest BCUT2D eigenvalue weighted by Gasteiger charge is 2.31. The molecule has 7 nitrogen and oxygen atoms in total. The van der Waals surface area contributed by atoms with E-state index in [9.17, 15) is 9.59 Å². The highest BCUT2D eigenvalue weighted by atomic mass is 16.5. The van der Waals surface area contributed by atoms with Crippen LogP contribution in [0, 0.1) is 18.8 Å². The molecule has 31 heavy (non-hydrogen) atoms. The van der Waals surface area contributed by atoms with Crippen molar-refractivity contribution in [2.45, 2.75) is 40.0 Å². The van der Waals surface area contributed by atoms with Crippen molar-refractivity contribution in [2.75, 3.05) is 32.8 Å². The fourth-order valence-electron chi connectivity index (χ4n) is 4.06. The number of likely N-dealkylation sites (tertiary alicyclic amines) is 1. The average Bonchev–Trinajstić information content (AvgIpc) is 3.20. The topological polar surface area (TPSA) is 76.5 Å². The van der Waals surface area contributed by atoms with Crippen LogP contribution in [0.3, 0.4) is 0 Å². The normalized spacial score (nSPS) is 15.6. The molecule has 1 aliphatic heterocycles. The summed E-state index contributed by atoms with van der Waals surface area (Å²) in [6.45, 7) is 9.19. The number of nitrogens with one attached hydrogen (secondary N) is 1. The number of rotatable bonds is 9. The first-order valence-electron chi connectivity index (χ1n) is 11.3. The lowest BCUT2D eigenvalue weighted by atomic mass is 9.84. The van der Waals surface area contributed by atoms with E-state index in [1.807, 2.05) is 62.2 Å². The van der Waals surface area contributed by atoms with Gasteiger partial charge in [0.2, 0.25) is 5.91 Å². The minimum atomic E-state index is -0.0492. The molecule has 0 radical (unpaired) electrons. The molecule has 1 aliphatic rings. The number of carbonyl (C=O) groups is 2. The molecule has 3 rings (SSSR count). The maximum Gasteiger partial charge on any atom is 0.257 e. The lowest BCUT2D eigenvalue weighted by Gasteiger charge is -2.34. The van der Waals surface area contributed by atoms with Gasteiger partial charge >= 0.3 is 0 Å². The molecule has 0 bridgehead atoms. The number of nitrogens with zero attached hydrogens (tertiary/aromatic N) is 3. The number of benzene rings is 1. The summed E-state index contributed by atoms with van der Waals surface area (Å²) in [5.74, 6) is 0.364. The van der Waals surface area contributed by atoms with Gasteiger partial charge in [0.25, 0.3) is 5.91 Å². The number of hydrogen-bond acceptors (Lipinski definition) is 4. The molecule has 1 fully saturated rings. The first kappa shape index (κ1) is 23.0. The second kappa shape index (κ2) is 11.1. The fraction of sp³-hybridized carbons (Fsp3) is 0.542. The number of hydrogen-bond donors (Lipinski definition) is 1. The first-order valence-corrected chi connectivity index (χ1v) is 11.3. The molecule has 0 saturated carbocycles. The Morgan fingerprint density at radius 2 is 1.94 bits per heavy atom. The number of piperidine rings is 1. The maximum absolute atomic E-state index is 13.1. The van der Waals surface area contributed by atoms with Crippen LogP contribution in [0.5, 0.6) is 0 Å². The van der Waals surface area contributed by atoms with Crippen molar-refractivity contribution < 1.29 is 14.3 Å². The van der Waals surface area contributed by atoms with E-state index in [0.29, 0.717) is 44.3 Å². The van der Waals surface area contributed by atoms with E-state index < -0.39 is 0 Å². The van der Waals surface area contributed by atoms with Crippen LogP contribution in [0.25, 0.3) is 5.69 Å². The van der Waals surface area contributed by atoms with Gasteiger partial charge in [-0.1, -0.05) is 25.1 Å². The summed E-state index contributed by atoms with van der Waals surface area (Å²) in [6.07, 6.45) is 4.32. The van der Waals surface area contributed by atoms with Crippen LogP contribution < -0.4 is 5.32 Å². The van der Waals surface area contributed by atoms with Crippen molar-refractivity contribution in [1.29, 1.82) is 0 Å². The van der Waals surface area contributed by atoms with Crippen LogP contribution in [-0.2, 0) is 9.53 Å². The molecule has 0 spiro atoms. The van der Waals surface area contributed by atoms with Crippen LogP contribution in [0.4, 0.5) is 0 Å². The molecule has 2 aromatic rings. The van der Waals surface area contributed by atoms with Gasteiger partial charge in [0.05, 0.1) is 16.9 Å². The van der Waals surface area contributed by atoms with Gasteiger partial charge in [-0.05, 0) is 51.2 Å². The van der Waals surface area contributed by atoms with Crippen LogP contribution in [-0.4, -0.2) is 59.3 Å². The number of carbonyl (C=O) groups excluding carboxylic acids is 2. The van der Waals surface area contributed by atoms with Gasteiger partial charge in [0, 0.05) is 45.0 Å². The third-order valence-electron chi connectivity index (χ3n) is 6.07. The quantitative estimate of drug-likeness (QED) is 0.625. The van der Waals surface area contributed by atoms with Gasteiger partial charge in [-0.15, -0.1) is 0 Å². The van der Waals surface area contributed by atoms with Crippen molar-refractivity contribution in [1.82, 2.24) is 20.0 Å². The monoisotopic (exact) mass is 426 g/mol. The summed E-state index contributed by atoms with van der Waals surface area (Å²) in [7, 11) is 0. The predicted molar refractivity (Wildman–Crippen MR) is 120 cm³/mol. The Hall–Kier alpha value is -2.67. The van der Waals surface area contributed by atoms with E-state index in [2.05, 4.69) is 10.4 Å². The lowest BCUT2D eigenvalue weighted by Crippen LogP contribution is -2.43. The number of aryl methyl sites for hydroxylation is 1. The smallest absolute Gasteiger partial charge is 0.257 e. The van der Waals surface area contributed by atoms with Crippen molar-refractivity contribution >= 4 is 11.8 Å². The minimum Gasteiger partial charge on any atom is -0.382 e. The molecule has 1 aromatic heterocycles. The van der Waals surface area contributed by atoms with Crippen LogP contribution in [0.15, 0.2) is 36.5 Å². The van der Waals surface area contributed by atoms with Gasteiger partial charge in [-0.2, -0.15) is 5.10 Å². The van der Waals surface area contributed by atoms with E-state index in [0.717, 1.165) is 30.6 Å². The third-order valence-corrected chi connectivity index (χ3v) is 6.07. The van der Waals surface area contributed by atoms with Gasteiger partial charge in [-0.25, -0.2) is 4.68 Å². The van der Waals surface area contributed by atoms with Crippen molar-refractivity contribution in [3.05, 3.63) is 47.8 Å². The van der Waals surface area contributed by atoms with Crippen LogP contribution >= 0.6 is 0 Å². The molecule has 1 saturated heterocycles. The van der Waals surface area contributed by atoms with E-state index in [-0.39, 0.29) is 17.7 Å². The Labute approximate surface area is 184 Å². The number of ether oxygens (including phenoxy) is 1. The molecule has 0 aliphatic carbocycles. The van der Waals surface area contributed by atoms with Crippen molar-refractivity contribution in [2.24, 2.45) is 11.8 Å². The number of para-hydroxylation sites is 1. The Kier molecular flexibility index (Phi) is 8.23. The number of amides is 2. The first-order chi connectivity index (χ1) is 15.0.